The number of aliphatic imine (C=N–C) groups is 1. The molecule has 7 heteroatoms. The van der Waals surface area contributed by atoms with E-state index in [1.807, 2.05) is 30.5 Å². The summed E-state index contributed by atoms with van der Waals surface area (Å²) in [5.74, 6) is 1.11. The highest BCUT2D eigenvalue weighted by atomic mass is 127. The monoisotopic (exact) mass is 500 g/mol. The number of piperazine rings is 1. The summed E-state index contributed by atoms with van der Waals surface area (Å²) in [6.45, 7) is 5.07. The summed E-state index contributed by atoms with van der Waals surface area (Å²) in [5.41, 5.74) is 0.821. The van der Waals surface area contributed by atoms with Crippen molar-refractivity contribution in [3.8, 4) is 0 Å². The molecule has 1 aromatic carbocycles. The molecule has 0 amide bonds. The van der Waals surface area contributed by atoms with Crippen LogP contribution in [0.3, 0.4) is 0 Å². The largest absolute Gasteiger partial charge is 0.353 e. The average molecular weight is 500 g/mol. The van der Waals surface area contributed by atoms with Crippen LogP contribution in [0.15, 0.2) is 46.8 Å². The van der Waals surface area contributed by atoms with Crippen LogP contribution < -0.4 is 5.32 Å². The van der Waals surface area contributed by atoms with Gasteiger partial charge in [0.05, 0.1) is 0 Å². The molecule has 0 bridgehead atoms. The molecule has 1 aliphatic heterocycles. The Kier molecular flexibility index (Phi) is 7.10. The Bertz CT molecular complexity index is 759. The molecule has 2 aliphatic rings. The molecule has 1 aromatic heterocycles. The number of halogens is 2. The molecule has 1 saturated heterocycles. The maximum Gasteiger partial charge on any atom is 0.193 e. The van der Waals surface area contributed by atoms with Gasteiger partial charge < -0.3 is 10.2 Å². The molecule has 2 unspecified atom stereocenters. The summed E-state index contributed by atoms with van der Waals surface area (Å²) < 4.78 is 14.0. The third-order valence-corrected chi connectivity index (χ3v) is 6.11. The Balaban J connectivity index is 0.00000210. The lowest BCUT2D eigenvalue weighted by Gasteiger charge is -2.36. The second-order valence-corrected chi connectivity index (χ2v) is 8.04. The van der Waals surface area contributed by atoms with E-state index in [9.17, 15) is 4.39 Å². The predicted octanol–water partition coefficient (Wildman–Crippen LogP) is 3.75. The molecule has 2 aromatic rings. The van der Waals surface area contributed by atoms with Crippen molar-refractivity contribution in [1.29, 1.82) is 0 Å². The minimum Gasteiger partial charge on any atom is -0.353 e. The number of guanidine groups is 1. The lowest BCUT2D eigenvalue weighted by Crippen LogP contribution is -2.52. The number of hydrogen-bond donors (Lipinski definition) is 1. The van der Waals surface area contributed by atoms with Gasteiger partial charge in [-0.3, -0.25) is 9.89 Å². The zero-order chi connectivity index (χ0) is 17.9. The average Bonchev–Trinajstić information content (AvgIpc) is 3.23. The number of nitrogens with one attached hydrogen (secondary N) is 1. The lowest BCUT2D eigenvalue weighted by molar-refractivity contribution is 0.173. The molecular formula is C20H26FIN4S. The molecule has 27 heavy (non-hydrogen) atoms. The van der Waals surface area contributed by atoms with Gasteiger partial charge in [0, 0.05) is 56.6 Å². The minimum atomic E-state index is -0.0982. The van der Waals surface area contributed by atoms with Crippen molar-refractivity contribution in [2.45, 2.75) is 24.9 Å². The van der Waals surface area contributed by atoms with Gasteiger partial charge in [0.1, 0.15) is 5.82 Å². The number of nitrogens with zero attached hydrogens (tertiary/aromatic N) is 3. The second kappa shape index (κ2) is 9.34. The topological polar surface area (TPSA) is 30.9 Å². The Labute approximate surface area is 181 Å². The van der Waals surface area contributed by atoms with E-state index >= 15 is 0 Å². The normalized spacial score (nSPS) is 23.0. The quantitative estimate of drug-likeness (QED) is 0.394. The van der Waals surface area contributed by atoms with Crippen LogP contribution in [0.1, 0.15) is 22.8 Å². The highest BCUT2D eigenvalue weighted by molar-refractivity contribution is 14.0. The second-order valence-electron chi connectivity index (χ2n) is 7.00. The van der Waals surface area contributed by atoms with Crippen LogP contribution in [0.5, 0.6) is 0 Å². The number of benzene rings is 1. The lowest BCUT2D eigenvalue weighted by atomic mass is 10.1. The van der Waals surface area contributed by atoms with Crippen molar-refractivity contribution in [3.63, 3.8) is 0 Å². The highest BCUT2D eigenvalue weighted by Crippen LogP contribution is 2.41. The molecular weight excluding hydrogens is 474 g/mol. The molecule has 1 N–H and O–H groups in total. The summed E-state index contributed by atoms with van der Waals surface area (Å²) in [6, 6.07) is 11.7. The number of rotatable bonds is 4. The van der Waals surface area contributed by atoms with Gasteiger partial charge in [-0.05, 0) is 29.5 Å². The molecule has 146 valence electrons. The summed E-state index contributed by atoms with van der Waals surface area (Å²) in [5, 5.41) is 5.68. The van der Waals surface area contributed by atoms with Crippen molar-refractivity contribution in [2.24, 2.45) is 4.99 Å². The number of thiophene rings is 1. The van der Waals surface area contributed by atoms with Gasteiger partial charge >= 0.3 is 0 Å². The Morgan fingerprint density at radius 3 is 2.63 bits per heavy atom. The Morgan fingerprint density at radius 2 is 1.96 bits per heavy atom. The van der Waals surface area contributed by atoms with Crippen LogP contribution in [0.2, 0.25) is 0 Å². The van der Waals surface area contributed by atoms with E-state index in [0.717, 1.165) is 50.7 Å². The maximum atomic E-state index is 14.0. The van der Waals surface area contributed by atoms with E-state index in [-0.39, 0.29) is 41.8 Å². The molecule has 1 aliphatic carbocycles. The van der Waals surface area contributed by atoms with Crippen molar-refractivity contribution >= 4 is 41.3 Å². The van der Waals surface area contributed by atoms with E-state index in [1.54, 1.807) is 12.1 Å². The zero-order valence-corrected chi connectivity index (χ0v) is 18.6. The van der Waals surface area contributed by atoms with Gasteiger partial charge in [0.2, 0.25) is 0 Å². The van der Waals surface area contributed by atoms with Crippen molar-refractivity contribution in [1.82, 2.24) is 15.1 Å². The first-order valence-corrected chi connectivity index (χ1v) is 10.1. The van der Waals surface area contributed by atoms with Gasteiger partial charge in [-0.1, -0.05) is 24.3 Å². The van der Waals surface area contributed by atoms with Gasteiger partial charge in [-0.25, -0.2) is 4.39 Å². The SMILES string of the molecule is CN=C(NC1CC1c1ccccc1F)N1CCN(Cc2cccs2)CC1.I. The van der Waals surface area contributed by atoms with E-state index in [0.29, 0.717) is 0 Å². The molecule has 1 saturated carbocycles. The minimum absolute atomic E-state index is 0. The standard InChI is InChI=1S/C20H25FN4S.HI/c1-22-20(23-19-13-17(19)16-6-2-3-7-18(16)21)25-10-8-24(9-11-25)14-15-5-4-12-26-15;/h2-7,12,17,19H,8-11,13-14H2,1H3,(H,22,23);1H. The van der Waals surface area contributed by atoms with Gasteiger partial charge in [0.25, 0.3) is 0 Å². The van der Waals surface area contributed by atoms with E-state index in [2.05, 4.69) is 37.6 Å². The first kappa shape index (κ1) is 20.5. The van der Waals surface area contributed by atoms with Gasteiger partial charge in [-0.2, -0.15) is 0 Å². The fourth-order valence-corrected chi connectivity index (χ4v) is 4.42. The molecule has 2 atom stereocenters. The predicted molar refractivity (Wildman–Crippen MR) is 121 cm³/mol. The fraction of sp³-hybridized carbons (Fsp3) is 0.450. The van der Waals surface area contributed by atoms with Crippen molar-refractivity contribution < 1.29 is 4.39 Å². The first-order chi connectivity index (χ1) is 12.7. The molecule has 2 fully saturated rings. The molecule has 2 heterocycles. The van der Waals surface area contributed by atoms with E-state index in [4.69, 9.17) is 0 Å². The highest BCUT2D eigenvalue weighted by Gasteiger charge is 2.41. The van der Waals surface area contributed by atoms with Gasteiger partial charge in [-0.15, -0.1) is 35.3 Å². The van der Waals surface area contributed by atoms with Gasteiger partial charge in [0.15, 0.2) is 5.96 Å². The van der Waals surface area contributed by atoms with Crippen LogP contribution in [-0.2, 0) is 6.54 Å². The fourth-order valence-electron chi connectivity index (χ4n) is 3.68. The van der Waals surface area contributed by atoms with Crippen LogP contribution >= 0.6 is 35.3 Å². The van der Waals surface area contributed by atoms with Crippen LogP contribution in [0, 0.1) is 5.82 Å². The maximum absolute atomic E-state index is 14.0. The first-order valence-electron chi connectivity index (χ1n) is 9.22. The summed E-state index contributed by atoms with van der Waals surface area (Å²) in [4.78, 5) is 10.7. The Morgan fingerprint density at radius 1 is 1.19 bits per heavy atom. The third kappa shape index (κ3) is 5.00. The molecule has 4 rings (SSSR count). The molecule has 4 nitrogen and oxygen atoms in total. The van der Waals surface area contributed by atoms with Crippen LogP contribution in [-0.4, -0.2) is 55.0 Å². The third-order valence-electron chi connectivity index (χ3n) is 5.25. The summed E-state index contributed by atoms with van der Waals surface area (Å²) >= 11 is 1.82. The zero-order valence-electron chi connectivity index (χ0n) is 15.5. The molecule has 0 radical (unpaired) electrons. The number of hydrogen-bond acceptors (Lipinski definition) is 3. The van der Waals surface area contributed by atoms with Crippen LogP contribution in [0.4, 0.5) is 4.39 Å². The Hall–Kier alpha value is -1.19. The molecule has 0 spiro atoms. The van der Waals surface area contributed by atoms with Crippen molar-refractivity contribution in [2.75, 3.05) is 33.2 Å². The smallest absolute Gasteiger partial charge is 0.193 e. The van der Waals surface area contributed by atoms with Crippen molar-refractivity contribution in [3.05, 3.63) is 58.0 Å². The van der Waals surface area contributed by atoms with E-state index < -0.39 is 0 Å². The summed E-state index contributed by atoms with van der Waals surface area (Å²) in [7, 11) is 1.83. The van der Waals surface area contributed by atoms with Crippen LogP contribution in [0.25, 0.3) is 0 Å². The summed E-state index contributed by atoms with van der Waals surface area (Å²) in [6.07, 6.45) is 0.971. The van der Waals surface area contributed by atoms with E-state index in [1.165, 1.54) is 4.88 Å².